The van der Waals surface area contributed by atoms with E-state index in [2.05, 4.69) is 5.32 Å². The van der Waals surface area contributed by atoms with Gasteiger partial charge in [0.25, 0.3) is 0 Å². The van der Waals surface area contributed by atoms with Gasteiger partial charge in [0.1, 0.15) is 5.75 Å². The molecule has 0 saturated carbocycles. The normalized spacial score (nSPS) is 18.4. The Balaban J connectivity index is 1.99. The zero-order valence-corrected chi connectivity index (χ0v) is 12.2. The molecule has 5 heteroatoms. The molecule has 1 aliphatic rings. The Hall–Kier alpha value is -1.75. The number of carbonyl (C=O) groups excluding carboxylic acids is 1. The topological polar surface area (TPSA) is 61.8 Å². The zero-order valence-electron chi connectivity index (χ0n) is 12.2. The highest BCUT2D eigenvalue weighted by atomic mass is 16.5. The van der Waals surface area contributed by atoms with Gasteiger partial charge in [0.05, 0.1) is 12.2 Å². The number of nitrogens with zero attached hydrogens (tertiary/aromatic N) is 1. The summed E-state index contributed by atoms with van der Waals surface area (Å²) in [6.45, 7) is 6.91. The summed E-state index contributed by atoms with van der Waals surface area (Å²) in [6, 6.07) is 5.42. The van der Waals surface area contributed by atoms with Gasteiger partial charge in [-0.15, -0.1) is 0 Å². The Kier molecular flexibility index (Phi) is 4.49. The highest BCUT2D eigenvalue weighted by molar-refractivity contribution is 5.89. The number of amides is 2. The van der Waals surface area contributed by atoms with E-state index in [4.69, 9.17) is 4.74 Å². The number of nitrogens with one attached hydrogen (secondary N) is 1. The van der Waals surface area contributed by atoms with E-state index >= 15 is 0 Å². The van der Waals surface area contributed by atoms with Gasteiger partial charge in [0, 0.05) is 18.8 Å². The molecular weight excluding hydrogens is 256 g/mol. The van der Waals surface area contributed by atoms with E-state index in [9.17, 15) is 9.90 Å². The van der Waals surface area contributed by atoms with Crippen LogP contribution in [0.2, 0.25) is 0 Å². The van der Waals surface area contributed by atoms with Crippen molar-refractivity contribution in [3.8, 4) is 5.75 Å². The Morgan fingerprint density at radius 3 is 2.80 bits per heavy atom. The highest BCUT2D eigenvalue weighted by Gasteiger charge is 2.24. The molecule has 20 heavy (non-hydrogen) atoms. The molecule has 0 aliphatic carbocycles. The number of aliphatic hydroxyl groups excluding tert-OH is 1. The summed E-state index contributed by atoms with van der Waals surface area (Å²) < 4.78 is 5.66. The average Bonchev–Trinajstić information content (AvgIpc) is 2.79. The number of urea groups is 1. The van der Waals surface area contributed by atoms with Crippen molar-refractivity contribution in [3.63, 3.8) is 0 Å². The number of benzene rings is 1. The molecule has 0 bridgehead atoms. The standard InChI is InChI=1S/C15H22N2O3/c1-10(2)20-14-5-4-12(8-11(14)3)16-15(19)17-7-6-13(18)9-17/h4-5,8,10,13,18H,6-7,9H2,1-3H3,(H,16,19)/t13-/m0/s1. The molecule has 1 heterocycles. The lowest BCUT2D eigenvalue weighted by Gasteiger charge is -2.18. The van der Waals surface area contributed by atoms with E-state index in [0.717, 1.165) is 17.0 Å². The summed E-state index contributed by atoms with van der Waals surface area (Å²) in [7, 11) is 0. The number of β-amino-alcohol motifs (C(OH)–C–C–N with tert-alkyl or cyclic N) is 1. The lowest BCUT2D eigenvalue weighted by molar-refractivity contribution is 0.176. The fourth-order valence-electron chi connectivity index (χ4n) is 2.24. The Morgan fingerprint density at radius 2 is 2.25 bits per heavy atom. The molecule has 1 aromatic rings. The predicted octanol–water partition coefficient (Wildman–Crippen LogP) is 2.38. The van der Waals surface area contributed by atoms with Gasteiger partial charge in [-0.3, -0.25) is 0 Å². The van der Waals surface area contributed by atoms with Crippen LogP contribution in [0.1, 0.15) is 25.8 Å². The number of anilines is 1. The first kappa shape index (κ1) is 14.7. The van der Waals surface area contributed by atoms with E-state index in [1.54, 1.807) is 4.90 Å². The fraction of sp³-hybridized carbons (Fsp3) is 0.533. The van der Waals surface area contributed by atoms with Crippen molar-refractivity contribution in [2.45, 2.75) is 39.4 Å². The number of hydrogen-bond donors (Lipinski definition) is 2. The van der Waals surface area contributed by atoms with Crippen molar-refractivity contribution in [2.24, 2.45) is 0 Å². The van der Waals surface area contributed by atoms with Crippen LogP contribution in [0.4, 0.5) is 10.5 Å². The zero-order chi connectivity index (χ0) is 14.7. The molecule has 5 nitrogen and oxygen atoms in total. The van der Waals surface area contributed by atoms with Gasteiger partial charge in [0.2, 0.25) is 0 Å². The minimum Gasteiger partial charge on any atom is -0.491 e. The highest BCUT2D eigenvalue weighted by Crippen LogP contribution is 2.23. The molecule has 2 N–H and O–H groups in total. The van der Waals surface area contributed by atoms with Crippen molar-refractivity contribution < 1.29 is 14.6 Å². The summed E-state index contributed by atoms with van der Waals surface area (Å²) in [6.07, 6.45) is 0.373. The lowest BCUT2D eigenvalue weighted by atomic mass is 10.2. The lowest BCUT2D eigenvalue weighted by Crippen LogP contribution is -2.33. The second-order valence-corrected chi connectivity index (χ2v) is 5.47. The maximum atomic E-state index is 12.0. The molecule has 1 saturated heterocycles. The van der Waals surface area contributed by atoms with Crippen LogP contribution < -0.4 is 10.1 Å². The van der Waals surface area contributed by atoms with Crippen molar-refractivity contribution in [3.05, 3.63) is 23.8 Å². The first-order valence-corrected chi connectivity index (χ1v) is 6.97. The van der Waals surface area contributed by atoms with Crippen LogP contribution in [0.25, 0.3) is 0 Å². The molecule has 1 aliphatic heterocycles. The first-order chi connectivity index (χ1) is 9.45. The molecule has 1 aromatic carbocycles. The molecule has 0 spiro atoms. The largest absolute Gasteiger partial charge is 0.491 e. The molecule has 2 amide bonds. The third-order valence-electron chi connectivity index (χ3n) is 3.24. The van der Waals surface area contributed by atoms with Gasteiger partial charge in [-0.1, -0.05) is 0 Å². The summed E-state index contributed by atoms with van der Waals surface area (Å²) in [4.78, 5) is 13.6. The van der Waals surface area contributed by atoms with Gasteiger partial charge >= 0.3 is 6.03 Å². The van der Waals surface area contributed by atoms with E-state index in [0.29, 0.717) is 19.5 Å². The van der Waals surface area contributed by atoms with E-state index in [1.165, 1.54) is 0 Å². The van der Waals surface area contributed by atoms with Gasteiger partial charge < -0.3 is 20.1 Å². The molecule has 2 rings (SSSR count). The monoisotopic (exact) mass is 278 g/mol. The quantitative estimate of drug-likeness (QED) is 0.892. The third kappa shape index (κ3) is 3.63. The fourth-order valence-corrected chi connectivity index (χ4v) is 2.24. The maximum Gasteiger partial charge on any atom is 0.321 e. The minimum atomic E-state index is -0.399. The maximum absolute atomic E-state index is 12.0. The predicted molar refractivity (Wildman–Crippen MR) is 78.2 cm³/mol. The number of rotatable bonds is 3. The van der Waals surface area contributed by atoms with Crippen LogP contribution in [0.5, 0.6) is 5.75 Å². The van der Waals surface area contributed by atoms with Crippen LogP contribution in [0.3, 0.4) is 0 Å². The Labute approximate surface area is 119 Å². The van der Waals surface area contributed by atoms with E-state index < -0.39 is 6.10 Å². The van der Waals surface area contributed by atoms with E-state index in [-0.39, 0.29) is 12.1 Å². The Morgan fingerprint density at radius 1 is 1.50 bits per heavy atom. The number of likely N-dealkylation sites (tertiary alicyclic amines) is 1. The second-order valence-electron chi connectivity index (χ2n) is 5.47. The summed E-state index contributed by atoms with van der Waals surface area (Å²) in [5.74, 6) is 0.828. The molecule has 1 fully saturated rings. The van der Waals surface area contributed by atoms with Crippen LogP contribution in [0.15, 0.2) is 18.2 Å². The number of carbonyl (C=O) groups is 1. The molecular formula is C15H22N2O3. The number of hydrogen-bond acceptors (Lipinski definition) is 3. The van der Waals surface area contributed by atoms with Crippen molar-refractivity contribution in [2.75, 3.05) is 18.4 Å². The van der Waals surface area contributed by atoms with Crippen LogP contribution in [-0.2, 0) is 0 Å². The molecule has 110 valence electrons. The van der Waals surface area contributed by atoms with Gasteiger partial charge in [-0.05, 0) is 51.0 Å². The second kappa shape index (κ2) is 6.13. The smallest absolute Gasteiger partial charge is 0.321 e. The van der Waals surface area contributed by atoms with Gasteiger partial charge in [0.15, 0.2) is 0 Å². The molecule has 0 aromatic heterocycles. The summed E-state index contributed by atoms with van der Waals surface area (Å²) in [5, 5.41) is 12.3. The van der Waals surface area contributed by atoms with Crippen molar-refractivity contribution in [1.82, 2.24) is 4.90 Å². The molecule has 1 atom stereocenters. The first-order valence-electron chi connectivity index (χ1n) is 6.97. The Bertz CT molecular complexity index is 488. The van der Waals surface area contributed by atoms with Crippen LogP contribution in [0, 0.1) is 6.92 Å². The van der Waals surface area contributed by atoms with E-state index in [1.807, 2.05) is 39.0 Å². The van der Waals surface area contributed by atoms with Crippen LogP contribution >= 0.6 is 0 Å². The van der Waals surface area contributed by atoms with Gasteiger partial charge in [-0.2, -0.15) is 0 Å². The molecule has 0 unspecified atom stereocenters. The summed E-state index contributed by atoms with van der Waals surface area (Å²) >= 11 is 0. The SMILES string of the molecule is Cc1cc(NC(=O)N2CC[C@H](O)C2)ccc1OC(C)C. The van der Waals surface area contributed by atoms with Gasteiger partial charge in [-0.25, -0.2) is 4.79 Å². The number of ether oxygens (including phenoxy) is 1. The van der Waals surface area contributed by atoms with Crippen molar-refractivity contribution in [1.29, 1.82) is 0 Å². The summed E-state index contributed by atoms with van der Waals surface area (Å²) in [5.41, 5.74) is 1.72. The van der Waals surface area contributed by atoms with Crippen molar-refractivity contribution >= 4 is 11.7 Å². The van der Waals surface area contributed by atoms with Crippen LogP contribution in [-0.4, -0.2) is 41.3 Å². The average molecular weight is 278 g/mol. The number of aryl methyl sites for hydroxylation is 1. The molecule has 0 radical (unpaired) electrons. The number of aliphatic hydroxyl groups is 1. The minimum absolute atomic E-state index is 0.125. The third-order valence-corrected chi connectivity index (χ3v) is 3.24.